The van der Waals surface area contributed by atoms with E-state index in [1.807, 2.05) is 12.1 Å². The van der Waals surface area contributed by atoms with Crippen LogP contribution >= 0.6 is 0 Å². The second kappa shape index (κ2) is 12.2. The minimum atomic E-state index is -1.77. The first-order chi connectivity index (χ1) is 17.0. The van der Waals surface area contributed by atoms with E-state index in [2.05, 4.69) is 60.9 Å². The Balaban J connectivity index is 1.42. The van der Waals surface area contributed by atoms with E-state index in [0.29, 0.717) is 19.8 Å². The van der Waals surface area contributed by atoms with Gasteiger partial charge in [0, 0.05) is 39.8 Å². The largest absolute Gasteiger partial charge is 0.489 e. The fourth-order valence-corrected chi connectivity index (χ4v) is 5.02. The lowest BCUT2D eigenvalue weighted by atomic mass is 10.2. The minimum absolute atomic E-state index is 0.195. The van der Waals surface area contributed by atoms with Crippen molar-refractivity contribution in [3.63, 3.8) is 0 Å². The first kappa shape index (κ1) is 28.1. The van der Waals surface area contributed by atoms with E-state index in [4.69, 9.17) is 9.16 Å². The molecule has 1 aromatic carbocycles. The molecule has 1 aromatic heterocycles. The molecule has 10 heteroatoms. The third-order valence-corrected chi connectivity index (χ3v) is 12.0. The van der Waals surface area contributed by atoms with Gasteiger partial charge in [-0.3, -0.25) is 14.3 Å². The lowest BCUT2D eigenvalue weighted by molar-refractivity contribution is 0.203. The number of aryl methyl sites for hydroxylation is 1. The second-order valence-corrected chi connectivity index (χ2v) is 15.8. The normalized spacial score (nSPS) is 15.3. The van der Waals surface area contributed by atoms with E-state index in [1.54, 1.807) is 0 Å². The van der Waals surface area contributed by atoms with Crippen molar-refractivity contribution in [3.05, 3.63) is 51.3 Å². The van der Waals surface area contributed by atoms with Crippen LogP contribution in [0.5, 0.6) is 5.75 Å². The summed E-state index contributed by atoms with van der Waals surface area (Å²) in [5.41, 5.74) is 0.411. The van der Waals surface area contributed by atoms with E-state index < -0.39 is 8.32 Å². The van der Waals surface area contributed by atoms with Gasteiger partial charge in [-0.2, -0.15) is 5.10 Å². The summed E-state index contributed by atoms with van der Waals surface area (Å²) in [6.07, 6.45) is 3.02. The highest BCUT2D eigenvalue weighted by Crippen LogP contribution is 2.36. The highest BCUT2D eigenvalue weighted by molar-refractivity contribution is 6.74. The molecule has 0 N–H and O–H groups in total. The number of hydrogen-bond acceptors (Lipinski definition) is 7. The second-order valence-electron chi connectivity index (χ2n) is 11.0. The Morgan fingerprint density at radius 2 is 1.64 bits per heavy atom. The van der Waals surface area contributed by atoms with E-state index >= 15 is 0 Å². The number of aromatic nitrogens is 3. The molecule has 9 nitrogen and oxygen atoms in total. The van der Waals surface area contributed by atoms with Crippen LogP contribution in [-0.2, 0) is 18.0 Å². The maximum atomic E-state index is 12.1. The Morgan fingerprint density at radius 3 is 2.33 bits per heavy atom. The van der Waals surface area contributed by atoms with Crippen molar-refractivity contribution in [2.45, 2.75) is 58.3 Å². The molecule has 0 aliphatic carbocycles. The van der Waals surface area contributed by atoms with Crippen molar-refractivity contribution in [3.8, 4) is 5.75 Å². The van der Waals surface area contributed by atoms with Crippen LogP contribution in [0.1, 0.15) is 33.6 Å². The van der Waals surface area contributed by atoms with Crippen LogP contribution in [0.4, 0.5) is 5.69 Å². The topological polar surface area (TPSA) is 81.8 Å². The maximum absolute atomic E-state index is 12.1. The van der Waals surface area contributed by atoms with Crippen LogP contribution in [0.3, 0.4) is 0 Å². The Hall–Kier alpha value is -2.43. The van der Waals surface area contributed by atoms with Crippen molar-refractivity contribution < 1.29 is 9.16 Å². The Morgan fingerprint density at radius 1 is 0.972 bits per heavy atom. The number of unbranched alkanes of at least 4 members (excludes halogenated alkanes) is 1. The molecule has 0 atom stereocenters. The molecular weight excluding hydrogens is 474 g/mol. The average molecular weight is 518 g/mol. The third kappa shape index (κ3) is 7.30. The van der Waals surface area contributed by atoms with Gasteiger partial charge in [0.2, 0.25) is 0 Å². The summed E-state index contributed by atoms with van der Waals surface area (Å²) in [6, 6.07) is 8.27. The summed E-state index contributed by atoms with van der Waals surface area (Å²) < 4.78 is 14.9. The van der Waals surface area contributed by atoms with Crippen LogP contribution < -0.4 is 20.9 Å². The molecule has 0 spiro atoms. The number of para-hydroxylation sites is 2. The van der Waals surface area contributed by atoms with Gasteiger partial charge in [-0.05, 0) is 49.7 Å². The highest BCUT2D eigenvalue weighted by atomic mass is 28.4. The SMILES string of the molecule is Cn1c(=O)cnn(CCCCN2CCN(c3ccccc3OCCO[Si](C)(C)C(C)(C)C)CC2)c1=O. The summed E-state index contributed by atoms with van der Waals surface area (Å²) in [5, 5.41) is 4.15. The Kier molecular flexibility index (Phi) is 9.54. The predicted molar refractivity (Wildman–Crippen MR) is 147 cm³/mol. The van der Waals surface area contributed by atoms with E-state index in [1.165, 1.54) is 17.9 Å². The van der Waals surface area contributed by atoms with Crippen molar-refractivity contribution >= 4 is 14.0 Å². The molecule has 1 aliphatic rings. The van der Waals surface area contributed by atoms with Crippen LogP contribution in [0.2, 0.25) is 18.1 Å². The number of rotatable bonds is 11. The molecule has 0 amide bonds. The molecule has 2 heterocycles. The van der Waals surface area contributed by atoms with Gasteiger partial charge >= 0.3 is 5.69 Å². The van der Waals surface area contributed by atoms with E-state index in [9.17, 15) is 9.59 Å². The number of ether oxygens (including phenoxy) is 1. The molecule has 3 rings (SSSR count). The summed E-state index contributed by atoms with van der Waals surface area (Å²) >= 11 is 0. The Labute approximate surface area is 215 Å². The van der Waals surface area contributed by atoms with Gasteiger partial charge in [0.05, 0.1) is 12.3 Å². The summed E-state index contributed by atoms with van der Waals surface area (Å²) in [5.74, 6) is 0.917. The van der Waals surface area contributed by atoms with Gasteiger partial charge in [0.15, 0.2) is 8.32 Å². The highest BCUT2D eigenvalue weighted by Gasteiger charge is 2.36. The van der Waals surface area contributed by atoms with Crippen LogP contribution in [-0.4, -0.2) is 73.5 Å². The van der Waals surface area contributed by atoms with Crippen molar-refractivity contribution in [2.75, 3.05) is 50.8 Å². The molecular formula is C26H43N5O4Si. The zero-order chi connectivity index (χ0) is 26.3. The quantitative estimate of drug-likeness (QED) is 0.335. The molecule has 2 aromatic rings. The fourth-order valence-electron chi connectivity index (χ4n) is 3.99. The average Bonchev–Trinajstić information content (AvgIpc) is 2.84. The molecule has 1 fully saturated rings. The van der Waals surface area contributed by atoms with Crippen LogP contribution in [0, 0.1) is 0 Å². The fraction of sp³-hybridized carbons (Fsp3) is 0.654. The van der Waals surface area contributed by atoms with E-state index in [0.717, 1.165) is 61.6 Å². The van der Waals surface area contributed by atoms with Crippen LogP contribution in [0.25, 0.3) is 0 Å². The molecule has 1 aliphatic heterocycles. The molecule has 0 radical (unpaired) electrons. The lowest BCUT2D eigenvalue weighted by Gasteiger charge is -2.37. The molecule has 1 saturated heterocycles. The number of piperazine rings is 1. The lowest BCUT2D eigenvalue weighted by Crippen LogP contribution is -2.46. The number of hydrogen-bond donors (Lipinski definition) is 0. The van der Waals surface area contributed by atoms with Gasteiger partial charge in [0.1, 0.15) is 18.6 Å². The van der Waals surface area contributed by atoms with Gasteiger partial charge in [-0.15, -0.1) is 0 Å². The molecule has 200 valence electrons. The van der Waals surface area contributed by atoms with Crippen molar-refractivity contribution in [2.24, 2.45) is 7.05 Å². The number of nitrogens with zero attached hydrogens (tertiary/aromatic N) is 5. The zero-order valence-corrected chi connectivity index (χ0v) is 23.8. The van der Waals surface area contributed by atoms with Gasteiger partial charge in [-0.1, -0.05) is 32.9 Å². The molecule has 0 bridgehead atoms. The predicted octanol–water partition coefficient (Wildman–Crippen LogP) is 2.95. The molecule has 0 unspecified atom stereocenters. The smallest absolute Gasteiger partial charge is 0.347 e. The summed E-state index contributed by atoms with van der Waals surface area (Å²) in [7, 11) is -0.287. The summed E-state index contributed by atoms with van der Waals surface area (Å²) in [6.45, 7) is 17.8. The van der Waals surface area contributed by atoms with Gasteiger partial charge in [0.25, 0.3) is 5.56 Å². The van der Waals surface area contributed by atoms with Gasteiger partial charge < -0.3 is 14.1 Å². The van der Waals surface area contributed by atoms with Crippen molar-refractivity contribution in [1.29, 1.82) is 0 Å². The van der Waals surface area contributed by atoms with Gasteiger partial charge in [-0.25, -0.2) is 9.48 Å². The zero-order valence-electron chi connectivity index (χ0n) is 22.8. The number of anilines is 1. The third-order valence-electron chi connectivity index (χ3n) is 7.43. The molecule has 0 saturated carbocycles. The van der Waals surface area contributed by atoms with Crippen molar-refractivity contribution in [1.82, 2.24) is 19.2 Å². The standard InChI is InChI=1S/C26H43N5O4Si/c1-26(2,3)36(5,6)35-20-19-34-23-12-8-7-11-22(23)30-17-15-29(16-18-30)13-9-10-14-31-25(33)28(4)24(32)21-27-31/h7-8,11-12,21H,9-10,13-20H2,1-6H3. The molecule has 36 heavy (non-hydrogen) atoms. The first-order valence-electron chi connectivity index (χ1n) is 13.0. The minimum Gasteiger partial charge on any atom is -0.489 e. The Bertz CT molecular complexity index is 1100. The monoisotopic (exact) mass is 517 g/mol. The van der Waals surface area contributed by atoms with Crippen LogP contribution in [0.15, 0.2) is 40.1 Å². The maximum Gasteiger partial charge on any atom is 0.347 e. The van der Waals surface area contributed by atoms with E-state index in [-0.39, 0.29) is 16.3 Å². The summed E-state index contributed by atoms with van der Waals surface area (Å²) in [4.78, 5) is 28.4. The first-order valence-corrected chi connectivity index (χ1v) is 15.9. The number of benzene rings is 1.